The van der Waals surface area contributed by atoms with Crippen LogP contribution in [0.5, 0.6) is 0 Å². The minimum Gasteiger partial charge on any atom is -0.346 e. The SMILES string of the molecule is C[NH+](C)CCNC(=O)c1ccc2c(c1)N(Cc1c(F)cccc1Cl)C(=O)CS2. The fourth-order valence-corrected chi connectivity index (χ4v) is 4.03. The number of quaternary nitrogens is 1. The molecule has 28 heavy (non-hydrogen) atoms. The first-order valence-electron chi connectivity index (χ1n) is 8.94. The van der Waals surface area contributed by atoms with Gasteiger partial charge in [0.1, 0.15) is 5.82 Å². The molecule has 0 saturated heterocycles. The molecule has 1 aliphatic rings. The summed E-state index contributed by atoms with van der Waals surface area (Å²) in [6.07, 6.45) is 0. The minimum absolute atomic E-state index is 0.0208. The third-order valence-corrected chi connectivity index (χ3v) is 5.85. The predicted octanol–water partition coefficient (Wildman–Crippen LogP) is 1.99. The highest BCUT2D eigenvalue weighted by molar-refractivity contribution is 8.00. The van der Waals surface area contributed by atoms with Gasteiger partial charge in [0.2, 0.25) is 5.91 Å². The number of amides is 2. The summed E-state index contributed by atoms with van der Waals surface area (Å²) in [6.45, 7) is 1.39. The number of nitrogens with one attached hydrogen (secondary N) is 2. The van der Waals surface area contributed by atoms with Crippen molar-refractivity contribution in [2.24, 2.45) is 0 Å². The van der Waals surface area contributed by atoms with Crippen LogP contribution in [0.4, 0.5) is 10.1 Å². The van der Waals surface area contributed by atoms with Gasteiger partial charge in [-0.3, -0.25) is 9.59 Å². The van der Waals surface area contributed by atoms with E-state index in [9.17, 15) is 14.0 Å². The number of anilines is 1. The molecule has 0 radical (unpaired) electrons. The second-order valence-corrected chi connectivity index (χ2v) is 8.29. The number of likely N-dealkylation sites (N-methyl/N-ethyl adjacent to an activating group) is 1. The highest BCUT2D eigenvalue weighted by Crippen LogP contribution is 2.37. The number of nitrogens with zero attached hydrogens (tertiary/aromatic N) is 1. The quantitative estimate of drug-likeness (QED) is 0.748. The van der Waals surface area contributed by atoms with Crippen molar-refractivity contribution < 1.29 is 18.9 Å². The molecule has 148 valence electrons. The van der Waals surface area contributed by atoms with Gasteiger partial charge >= 0.3 is 0 Å². The van der Waals surface area contributed by atoms with Crippen molar-refractivity contribution in [2.75, 3.05) is 37.8 Å². The molecule has 3 rings (SSSR count). The Labute approximate surface area is 172 Å². The van der Waals surface area contributed by atoms with Crippen LogP contribution >= 0.6 is 23.4 Å². The van der Waals surface area contributed by atoms with Crippen LogP contribution in [0.15, 0.2) is 41.3 Å². The average molecular weight is 423 g/mol. The molecule has 2 aromatic carbocycles. The van der Waals surface area contributed by atoms with E-state index in [1.54, 1.807) is 18.2 Å². The molecule has 0 bridgehead atoms. The van der Waals surface area contributed by atoms with Crippen molar-refractivity contribution in [2.45, 2.75) is 11.4 Å². The molecule has 0 aliphatic carbocycles. The van der Waals surface area contributed by atoms with E-state index in [-0.39, 0.29) is 34.7 Å². The van der Waals surface area contributed by atoms with E-state index in [1.165, 1.54) is 33.7 Å². The molecular weight excluding hydrogens is 401 g/mol. The normalized spacial score (nSPS) is 13.6. The van der Waals surface area contributed by atoms with Gasteiger partial charge in [-0.1, -0.05) is 17.7 Å². The van der Waals surface area contributed by atoms with E-state index < -0.39 is 5.82 Å². The zero-order valence-corrected chi connectivity index (χ0v) is 17.3. The summed E-state index contributed by atoms with van der Waals surface area (Å²) in [7, 11) is 4.03. The molecule has 2 amide bonds. The number of rotatable bonds is 6. The lowest BCUT2D eigenvalue weighted by molar-refractivity contribution is -0.856. The monoisotopic (exact) mass is 422 g/mol. The number of hydrogen-bond acceptors (Lipinski definition) is 3. The van der Waals surface area contributed by atoms with E-state index in [2.05, 4.69) is 5.32 Å². The fraction of sp³-hybridized carbons (Fsp3) is 0.300. The second kappa shape index (κ2) is 8.94. The summed E-state index contributed by atoms with van der Waals surface area (Å²) in [5, 5.41) is 3.15. The number of benzene rings is 2. The van der Waals surface area contributed by atoms with Crippen LogP contribution in [0.3, 0.4) is 0 Å². The van der Waals surface area contributed by atoms with Gasteiger partial charge in [0.05, 0.1) is 45.2 Å². The summed E-state index contributed by atoms with van der Waals surface area (Å²) >= 11 is 7.55. The van der Waals surface area contributed by atoms with Crippen LogP contribution in [-0.4, -0.2) is 44.8 Å². The van der Waals surface area contributed by atoms with Gasteiger partial charge in [-0.15, -0.1) is 11.8 Å². The van der Waals surface area contributed by atoms with Crippen molar-refractivity contribution in [1.82, 2.24) is 5.32 Å². The summed E-state index contributed by atoms with van der Waals surface area (Å²) in [6, 6.07) is 9.71. The van der Waals surface area contributed by atoms with Gasteiger partial charge in [-0.2, -0.15) is 0 Å². The molecule has 0 fully saturated rings. The highest BCUT2D eigenvalue weighted by atomic mass is 35.5. The first-order valence-corrected chi connectivity index (χ1v) is 10.3. The minimum atomic E-state index is -0.458. The van der Waals surface area contributed by atoms with Gasteiger partial charge in [0, 0.05) is 21.0 Å². The Kier molecular flexibility index (Phi) is 6.59. The zero-order chi connectivity index (χ0) is 20.3. The molecule has 2 aromatic rings. The maximum absolute atomic E-state index is 14.2. The molecule has 5 nitrogen and oxygen atoms in total. The molecule has 0 saturated carbocycles. The molecule has 8 heteroatoms. The number of carbonyl (C=O) groups excluding carboxylic acids is 2. The van der Waals surface area contributed by atoms with Crippen LogP contribution < -0.4 is 15.1 Å². The first-order chi connectivity index (χ1) is 13.4. The van der Waals surface area contributed by atoms with Crippen LogP contribution in [0.1, 0.15) is 15.9 Å². The topological polar surface area (TPSA) is 53.9 Å². The lowest BCUT2D eigenvalue weighted by atomic mass is 10.1. The van der Waals surface area contributed by atoms with Crippen molar-refractivity contribution in [1.29, 1.82) is 0 Å². The van der Waals surface area contributed by atoms with E-state index in [0.717, 1.165) is 11.4 Å². The number of carbonyl (C=O) groups is 2. The standard InChI is InChI=1S/C20H21ClFN3O2S/c1-24(2)9-8-23-20(27)13-6-7-18-17(10-13)25(19(26)12-28-18)11-14-15(21)4-3-5-16(14)22/h3-7,10H,8-9,11-12H2,1-2H3,(H,23,27)/p+1. The van der Waals surface area contributed by atoms with Crippen molar-refractivity contribution in [3.05, 3.63) is 58.4 Å². The molecule has 0 unspecified atom stereocenters. The van der Waals surface area contributed by atoms with Crippen LogP contribution in [-0.2, 0) is 11.3 Å². The maximum Gasteiger partial charge on any atom is 0.251 e. The van der Waals surface area contributed by atoms with E-state index >= 15 is 0 Å². The number of thioether (sulfide) groups is 1. The van der Waals surface area contributed by atoms with E-state index in [0.29, 0.717) is 17.8 Å². The largest absolute Gasteiger partial charge is 0.346 e. The van der Waals surface area contributed by atoms with Crippen LogP contribution in [0.2, 0.25) is 5.02 Å². The fourth-order valence-electron chi connectivity index (χ4n) is 2.89. The van der Waals surface area contributed by atoms with Gasteiger partial charge in [-0.25, -0.2) is 4.39 Å². The molecule has 1 heterocycles. The average Bonchev–Trinajstić information content (AvgIpc) is 2.65. The smallest absolute Gasteiger partial charge is 0.251 e. The van der Waals surface area contributed by atoms with Gasteiger partial charge in [0.25, 0.3) is 5.91 Å². The summed E-state index contributed by atoms with van der Waals surface area (Å²) in [5.74, 6) is -0.544. The number of halogens is 2. The predicted molar refractivity (Wildman–Crippen MR) is 110 cm³/mol. The number of fused-ring (bicyclic) bond motifs is 1. The Hall–Kier alpha value is -2.09. The van der Waals surface area contributed by atoms with E-state index in [4.69, 9.17) is 11.6 Å². The number of hydrogen-bond donors (Lipinski definition) is 2. The zero-order valence-electron chi connectivity index (χ0n) is 15.7. The molecule has 0 spiro atoms. The summed E-state index contributed by atoms with van der Waals surface area (Å²) in [4.78, 5) is 28.6. The molecule has 1 aliphatic heterocycles. The molecule has 2 N–H and O–H groups in total. The molecule has 0 atom stereocenters. The summed E-state index contributed by atoms with van der Waals surface area (Å²) in [5.41, 5.74) is 1.33. The Morgan fingerprint density at radius 1 is 1.32 bits per heavy atom. The van der Waals surface area contributed by atoms with Gasteiger partial charge < -0.3 is 15.1 Å². The van der Waals surface area contributed by atoms with Crippen molar-refractivity contribution in [3.63, 3.8) is 0 Å². The third-order valence-electron chi connectivity index (χ3n) is 4.45. The van der Waals surface area contributed by atoms with Gasteiger partial charge in [-0.05, 0) is 30.3 Å². The van der Waals surface area contributed by atoms with Crippen LogP contribution in [0, 0.1) is 5.82 Å². The summed E-state index contributed by atoms with van der Waals surface area (Å²) < 4.78 is 14.2. The molecular formula is C20H22ClFN3O2S+. The Bertz CT molecular complexity index is 887. The first kappa shape index (κ1) is 20.6. The highest BCUT2D eigenvalue weighted by Gasteiger charge is 2.27. The third kappa shape index (κ3) is 4.66. The van der Waals surface area contributed by atoms with Crippen LogP contribution in [0.25, 0.3) is 0 Å². The Morgan fingerprint density at radius 3 is 2.82 bits per heavy atom. The van der Waals surface area contributed by atoms with Gasteiger partial charge in [0.15, 0.2) is 0 Å². The molecule has 0 aromatic heterocycles. The maximum atomic E-state index is 14.2. The Balaban J connectivity index is 1.87. The van der Waals surface area contributed by atoms with E-state index in [1.807, 2.05) is 20.2 Å². The Morgan fingerprint density at radius 2 is 2.11 bits per heavy atom. The van der Waals surface area contributed by atoms with Crippen molar-refractivity contribution >= 4 is 40.9 Å². The lowest BCUT2D eigenvalue weighted by Gasteiger charge is -2.30. The van der Waals surface area contributed by atoms with Crippen molar-refractivity contribution in [3.8, 4) is 0 Å². The lowest BCUT2D eigenvalue weighted by Crippen LogP contribution is -3.06. The second-order valence-electron chi connectivity index (χ2n) is 6.86.